The zero-order valence-corrected chi connectivity index (χ0v) is 13.3. The van der Waals surface area contributed by atoms with Gasteiger partial charge in [-0.25, -0.2) is 8.78 Å². The smallest absolute Gasteiger partial charge is 0.257 e. The van der Waals surface area contributed by atoms with Crippen LogP contribution in [0.1, 0.15) is 33.1 Å². The number of hydrogen-bond donors (Lipinski definition) is 1. The number of rotatable bonds is 6. The molecule has 2 heterocycles. The highest BCUT2D eigenvalue weighted by Gasteiger charge is 2.19. The Hall–Kier alpha value is -2.38. The second-order valence-electron chi connectivity index (χ2n) is 5.27. The number of halogens is 2. The maximum absolute atomic E-state index is 12.5. The highest BCUT2D eigenvalue weighted by atomic mass is 19.3. The summed E-state index contributed by atoms with van der Waals surface area (Å²) in [6.45, 7) is 4.97. The molecule has 0 atom stereocenters. The molecule has 1 amide bonds. The number of hydrogen-bond acceptors (Lipinski definition) is 4. The van der Waals surface area contributed by atoms with Crippen LogP contribution < -0.4 is 5.32 Å². The monoisotopic (exact) mass is 323 g/mol. The summed E-state index contributed by atoms with van der Waals surface area (Å²) in [5, 5.41) is 6.76. The molecule has 0 aliphatic carbocycles. The predicted molar refractivity (Wildman–Crippen MR) is 80.5 cm³/mol. The number of carbonyl (C=O) groups excluding carboxylic acids is 1. The van der Waals surface area contributed by atoms with Crippen molar-refractivity contribution in [2.75, 3.05) is 6.54 Å². The molecule has 0 radical (unpaired) electrons. The molecule has 0 aromatic carbocycles. The third kappa shape index (κ3) is 4.30. The molecule has 0 unspecified atom stereocenters. The SMILES string of the molecule is Cc1cnc(CCNC(=O)c2c(C)nn(CC(F)F)c2C)cn1. The molecule has 23 heavy (non-hydrogen) atoms. The fraction of sp³-hybridized carbons (Fsp3) is 0.467. The highest BCUT2D eigenvalue weighted by Crippen LogP contribution is 2.14. The molecule has 2 aromatic rings. The zero-order valence-electron chi connectivity index (χ0n) is 13.3. The normalized spacial score (nSPS) is 11.0. The Bertz CT molecular complexity index is 682. The van der Waals surface area contributed by atoms with Crippen LogP contribution in [-0.2, 0) is 13.0 Å². The molecule has 2 rings (SSSR count). The average molecular weight is 323 g/mol. The lowest BCUT2D eigenvalue weighted by molar-refractivity contribution is 0.0951. The number of aromatic nitrogens is 4. The molecule has 124 valence electrons. The summed E-state index contributed by atoms with van der Waals surface area (Å²) in [7, 11) is 0. The van der Waals surface area contributed by atoms with E-state index in [4.69, 9.17) is 0 Å². The lowest BCUT2D eigenvalue weighted by Crippen LogP contribution is -2.27. The van der Waals surface area contributed by atoms with E-state index in [0.29, 0.717) is 29.9 Å². The van der Waals surface area contributed by atoms with Crippen molar-refractivity contribution < 1.29 is 13.6 Å². The van der Waals surface area contributed by atoms with E-state index in [9.17, 15) is 13.6 Å². The first-order valence-corrected chi connectivity index (χ1v) is 7.26. The van der Waals surface area contributed by atoms with Gasteiger partial charge in [0.2, 0.25) is 0 Å². The third-order valence-electron chi connectivity index (χ3n) is 3.42. The molecular formula is C15H19F2N5O. The van der Waals surface area contributed by atoms with Crippen molar-refractivity contribution >= 4 is 5.91 Å². The van der Waals surface area contributed by atoms with Crippen molar-refractivity contribution in [1.82, 2.24) is 25.1 Å². The van der Waals surface area contributed by atoms with Gasteiger partial charge in [-0.3, -0.25) is 19.4 Å². The maximum atomic E-state index is 12.5. The summed E-state index contributed by atoms with van der Waals surface area (Å²) < 4.78 is 26.1. The van der Waals surface area contributed by atoms with Gasteiger partial charge in [-0.05, 0) is 20.8 Å². The lowest BCUT2D eigenvalue weighted by atomic mass is 10.2. The van der Waals surface area contributed by atoms with E-state index >= 15 is 0 Å². The number of amides is 1. The van der Waals surface area contributed by atoms with Crippen LogP contribution in [0.2, 0.25) is 0 Å². The predicted octanol–water partition coefficient (Wildman–Crippen LogP) is 1.84. The number of nitrogens with one attached hydrogen (secondary N) is 1. The maximum Gasteiger partial charge on any atom is 0.257 e. The van der Waals surface area contributed by atoms with E-state index in [2.05, 4.69) is 20.4 Å². The Kier molecular flexibility index (Phi) is 5.36. The minimum atomic E-state index is -2.51. The lowest BCUT2D eigenvalue weighted by Gasteiger charge is -2.06. The van der Waals surface area contributed by atoms with Crippen molar-refractivity contribution in [3.63, 3.8) is 0 Å². The first-order chi connectivity index (χ1) is 10.9. The summed E-state index contributed by atoms with van der Waals surface area (Å²) in [4.78, 5) is 20.6. The first-order valence-electron chi connectivity index (χ1n) is 7.26. The second kappa shape index (κ2) is 7.26. The Morgan fingerprint density at radius 2 is 2.00 bits per heavy atom. The molecule has 0 aliphatic rings. The van der Waals surface area contributed by atoms with Crippen molar-refractivity contribution in [3.8, 4) is 0 Å². The van der Waals surface area contributed by atoms with Gasteiger partial charge in [-0.1, -0.05) is 0 Å². The van der Waals surface area contributed by atoms with Crippen LogP contribution in [-0.4, -0.2) is 38.6 Å². The van der Waals surface area contributed by atoms with Crippen LogP contribution in [0.3, 0.4) is 0 Å². The van der Waals surface area contributed by atoms with Gasteiger partial charge in [0.1, 0.15) is 6.54 Å². The van der Waals surface area contributed by atoms with Crippen LogP contribution in [0, 0.1) is 20.8 Å². The quantitative estimate of drug-likeness (QED) is 0.880. The van der Waals surface area contributed by atoms with E-state index in [1.807, 2.05) is 6.92 Å². The zero-order chi connectivity index (χ0) is 17.0. The van der Waals surface area contributed by atoms with Gasteiger partial charge in [0, 0.05) is 31.1 Å². The summed E-state index contributed by atoms with van der Waals surface area (Å²) in [6, 6.07) is 0. The van der Waals surface area contributed by atoms with Crippen molar-refractivity contribution in [2.24, 2.45) is 0 Å². The van der Waals surface area contributed by atoms with Crippen LogP contribution in [0.15, 0.2) is 12.4 Å². The van der Waals surface area contributed by atoms with Gasteiger partial charge in [0.25, 0.3) is 12.3 Å². The van der Waals surface area contributed by atoms with Crippen LogP contribution >= 0.6 is 0 Å². The minimum Gasteiger partial charge on any atom is -0.352 e. The summed E-state index contributed by atoms with van der Waals surface area (Å²) >= 11 is 0. The molecule has 0 saturated heterocycles. The molecule has 1 N–H and O–H groups in total. The third-order valence-corrected chi connectivity index (χ3v) is 3.42. The fourth-order valence-corrected chi connectivity index (χ4v) is 2.27. The van der Waals surface area contributed by atoms with E-state index < -0.39 is 13.0 Å². The van der Waals surface area contributed by atoms with Crippen molar-refractivity contribution in [1.29, 1.82) is 0 Å². The number of alkyl halides is 2. The Labute approximate surface area is 132 Å². The number of carbonyl (C=O) groups is 1. The topological polar surface area (TPSA) is 72.7 Å². The first kappa shape index (κ1) is 17.0. The molecule has 0 spiro atoms. The molecule has 0 saturated carbocycles. The van der Waals surface area contributed by atoms with Crippen LogP contribution in [0.4, 0.5) is 8.78 Å². The summed E-state index contributed by atoms with van der Waals surface area (Å²) in [5.74, 6) is -0.319. The van der Waals surface area contributed by atoms with Crippen molar-refractivity contribution in [3.05, 3.63) is 40.7 Å². The molecule has 2 aromatic heterocycles. The van der Waals surface area contributed by atoms with Crippen LogP contribution in [0.5, 0.6) is 0 Å². The number of nitrogens with zero attached hydrogens (tertiary/aromatic N) is 4. The Morgan fingerprint density at radius 3 is 2.61 bits per heavy atom. The number of aryl methyl sites for hydroxylation is 2. The Morgan fingerprint density at radius 1 is 1.26 bits per heavy atom. The summed E-state index contributed by atoms with van der Waals surface area (Å²) in [6.07, 6.45) is 1.37. The second-order valence-corrected chi connectivity index (χ2v) is 5.27. The van der Waals surface area contributed by atoms with E-state index in [1.165, 1.54) is 4.68 Å². The van der Waals surface area contributed by atoms with E-state index in [0.717, 1.165) is 11.4 Å². The molecule has 0 fully saturated rings. The minimum absolute atomic E-state index is 0.319. The fourth-order valence-electron chi connectivity index (χ4n) is 2.27. The molecule has 0 bridgehead atoms. The van der Waals surface area contributed by atoms with Gasteiger partial charge in [-0.15, -0.1) is 0 Å². The summed E-state index contributed by atoms with van der Waals surface area (Å²) in [5.41, 5.74) is 2.83. The van der Waals surface area contributed by atoms with Crippen molar-refractivity contribution in [2.45, 2.75) is 40.2 Å². The Balaban J connectivity index is 1.98. The van der Waals surface area contributed by atoms with Gasteiger partial charge >= 0.3 is 0 Å². The van der Waals surface area contributed by atoms with Gasteiger partial charge in [0.05, 0.1) is 22.6 Å². The van der Waals surface area contributed by atoms with Gasteiger partial charge in [0.15, 0.2) is 0 Å². The van der Waals surface area contributed by atoms with Gasteiger partial charge < -0.3 is 5.32 Å². The molecule has 0 aliphatic heterocycles. The van der Waals surface area contributed by atoms with Gasteiger partial charge in [-0.2, -0.15) is 5.10 Å². The van der Waals surface area contributed by atoms with Crippen LogP contribution in [0.25, 0.3) is 0 Å². The molecular weight excluding hydrogens is 304 g/mol. The largest absolute Gasteiger partial charge is 0.352 e. The molecule has 6 nitrogen and oxygen atoms in total. The molecule has 8 heteroatoms. The van der Waals surface area contributed by atoms with E-state index in [1.54, 1.807) is 26.2 Å². The average Bonchev–Trinajstić information content (AvgIpc) is 2.75. The van der Waals surface area contributed by atoms with E-state index in [-0.39, 0.29) is 5.91 Å². The standard InChI is InChI=1S/C15H19F2N5O/c1-9-6-20-12(7-19-9)4-5-18-15(23)14-10(2)21-22(11(14)3)8-13(16)17/h6-7,13H,4-5,8H2,1-3H3,(H,18,23). The highest BCUT2D eigenvalue weighted by molar-refractivity contribution is 5.96.